The number of nitrogens with one attached hydrogen (secondary N) is 2. The largest absolute Gasteiger partial charge is 0.328 e. The molecule has 0 saturated carbocycles. The van der Waals surface area contributed by atoms with E-state index in [4.69, 9.17) is 0 Å². The Bertz CT molecular complexity index is 788. The normalized spacial score (nSPS) is 25.3. The lowest BCUT2D eigenvalue weighted by molar-refractivity contribution is -1.02. The number of quaternary nitrogens is 2. The van der Waals surface area contributed by atoms with E-state index in [0.717, 1.165) is 17.1 Å². The van der Waals surface area contributed by atoms with Crippen LogP contribution in [0.25, 0.3) is 0 Å². The summed E-state index contributed by atoms with van der Waals surface area (Å²) in [5.74, 6) is 0.956. The summed E-state index contributed by atoms with van der Waals surface area (Å²) in [6, 6.07) is 12.7. The van der Waals surface area contributed by atoms with Crippen molar-refractivity contribution in [1.29, 1.82) is 0 Å². The molecule has 1 fully saturated rings. The summed E-state index contributed by atoms with van der Waals surface area (Å²) < 4.78 is 13.8. The van der Waals surface area contributed by atoms with Gasteiger partial charge in [0.05, 0.1) is 7.05 Å². The van der Waals surface area contributed by atoms with Gasteiger partial charge in [-0.2, -0.15) is 0 Å². The summed E-state index contributed by atoms with van der Waals surface area (Å²) in [4.78, 5) is 7.07. The van der Waals surface area contributed by atoms with Gasteiger partial charge >= 0.3 is 0 Å². The summed E-state index contributed by atoms with van der Waals surface area (Å²) in [7, 11) is 2.29. The maximum atomic E-state index is 13.8. The molecule has 0 bridgehead atoms. The first-order valence-corrected chi connectivity index (χ1v) is 11.3. The number of rotatable bonds is 3. The predicted molar refractivity (Wildman–Crippen MR) is 107 cm³/mol. The second-order valence-electron chi connectivity index (χ2n) is 7.36. The highest BCUT2D eigenvalue weighted by atomic mass is 32.2. The number of benzene rings is 2. The summed E-state index contributed by atoms with van der Waals surface area (Å²) in [5.41, 5.74) is 2.75. The van der Waals surface area contributed by atoms with E-state index in [1.807, 2.05) is 17.8 Å². The molecular weight excluding hydrogens is 363 g/mol. The van der Waals surface area contributed by atoms with E-state index in [-0.39, 0.29) is 5.82 Å². The van der Waals surface area contributed by atoms with Crippen LogP contribution in [0.3, 0.4) is 0 Å². The van der Waals surface area contributed by atoms with Crippen LogP contribution < -0.4 is 9.80 Å². The van der Waals surface area contributed by atoms with Crippen LogP contribution in [0.1, 0.15) is 24.1 Å². The molecule has 2 N–H and O–H groups in total. The van der Waals surface area contributed by atoms with Crippen LogP contribution in [0.15, 0.2) is 51.1 Å². The molecule has 2 heterocycles. The van der Waals surface area contributed by atoms with E-state index < -0.39 is 0 Å². The Labute approximate surface area is 164 Å². The molecule has 4 rings (SSSR count). The standard InChI is InChI=1S/C21H25FN2S2/c1-3-25-17-6-7-20-18(14-17)19(24-10-8-23(2)9-11-24)12-15-4-5-16(22)13-21(15)26-20/h4-7,13-14,19H,3,8-12H2,1-2H3/p+2/t19-/m1/s1. The van der Waals surface area contributed by atoms with Crippen molar-refractivity contribution in [2.24, 2.45) is 0 Å². The number of hydrogen-bond acceptors (Lipinski definition) is 2. The highest BCUT2D eigenvalue weighted by molar-refractivity contribution is 7.99. The van der Waals surface area contributed by atoms with Gasteiger partial charge in [-0.25, -0.2) is 4.39 Å². The minimum Gasteiger partial charge on any atom is -0.328 e. The van der Waals surface area contributed by atoms with Crippen LogP contribution in [0, 0.1) is 5.82 Å². The van der Waals surface area contributed by atoms with Crippen LogP contribution in [-0.2, 0) is 6.42 Å². The number of hydrogen-bond donors (Lipinski definition) is 2. The first-order valence-electron chi connectivity index (χ1n) is 9.53. The van der Waals surface area contributed by atoms with E-state index in [1.165, 1.54) is 47.1 Å². The van der Waals surface area contributed by atoms with Gasteiger partial charge in [-0.05, 0) is 41.6 Å². The molecule has 138 valence electrons. The highest BCUT2D eigenvalue weighted by Gasteiger charge is 2.33. The zero-order valence-corrected chi connectivity index (χ0v) is 17.1. The van der Waals surface area contributed by atoms with Crippen molar-refractivity contribution in [1.82, 2.24) is 0 Å². The highest BCUT2D eigenvalue weighted by Crippen LogP contribution is 2.41. The van der Waals surface area contributed by atoms with Crippen LogP contribution in [-0.4, -0.2) is 39.0 Å². The summed E-state index contributed by atoms with van der Waals surface area (Å²) in [6.07, 6.45) is 1.00. The Balaban J connectivity index is 1.75. The van der Waals surface area contributed by atoms with Crippen molar-refractivity contribution in [2.75, 3.05) is 39.0 Å². The van der Waals surface area contributed by atoms with E-state index in [9.17, 15) is 4.39 Å². The summed E-state index contributed by atoms with van der Waals surface area (Å²) >= 11 is 3.65. The molecular formula is C21H27FN2S2+2. The van der Waals surface area contributed by atoms with Gasteiger partial charge in [-0.3, -0.25) is 0 Å². The van der Waals surface area contributed by atoms with E-state index in [2.05, 4.69) is 32.2 Å². The minimum atomic E-state index is -0.134. The van der Waals surface area contributed by atoms with Crippen molar-refractivity contribution in [3.63, 3.8) is 0 Å². The zero-order chi connectivity index (χ0) is 18.1. The second-order valence-corrected chi connectivity index (χ2v) is 9.78. The fraction of sp³-hybridized carbons (Fsp3) is 0.429. The van der Waals surface area contributed by atoms with Gasteiger partial charge in [-0.1, -0.05) is 24.8 Å². The van der Waals surface area contributed by atoms with E-state index in [0.29, 0.717) is 6.04 Å². The first-order chi connectivity index (χ1) is 12.6. The van der Waals surface area contributed by atoms with Crippen molar-refractivity contribution < 1.29 is 14.2 Å². The molecule has 1 saturated heterocycles. The molecule has 0 radical (unpaired) electrons. The lowest BCUT2D eigenvalue weighted by Crippen LogP contribution is -3.27. The Morgan fingerprint density at radius 3 is 2.65 bits per heavy atom. The SMILES string of the molecule is CCSc1ccc2c(c1)[C@H]([NH+]1CC[NH+](C)CC1)Cc1ccc(F)cc1S2. The number of thioether (sulfide) groups is 1. The monoisotopic (exact) mass is 390 g/mol. The van der Waals surface area contributed by atoms with Gasteiger partial charge in [0, 0.05) is 26.7 Å². The third kappa shape index (κ3) is 3.81. The maximum Gasteiger partial charge on any atom is 0.127 e. The quantitative estimate of drug-likeness (QED) is 0.777. The third-order valence-corrected chi connectivity index (χ3v) is 7.65. The Morgan fingerprint density at radius 1 is 1.08 bits per heavy atom. The molecule has 2 aliphatic heterocycles. The average molecular weight is 391 g/mol. The van der Waals surface area contributed by atoms with Gasteiger partial charge in [0.25, 0.3) is 0 Å². The van der Waals surface area contributed by atoms with Crippen LogP contribution in [0.2, 0.25) is 0 Å². The smallest absolute Gasteiger partial charge is 0.127 e. The van der Waals surface area contributed by atoms with Crippen LogP contribution in [0.5, 0.6) is 0 Å². The number of halogens is 1. The van der Waals surface area contributed by atoms with Crippen molar-refractivity contribution in [3.05, 3.63) is 53.3 Å². The number of piperazine rings is 1. The summed E-state index contributed by atoms with van der Waals surface area (Å²) in [5, 5.41) is 0. The van der Waals surface area contributed by atoms with Crippen molar-refractivity contribution >= 4 is 23.5 Å². The third-order valence-electron chi connectivity index (χ3n) is 5.58. The van der Waals surface area contributed by atoms with E-state index in [1.54, 1.807) is 33.7 Å². The first kappa shape index (κ1) is 18.4. The maximum absolute atomic E-state index is 13.8. The lowest BCUT2D eigenvalue weighted by Gasteiger charge is -2.33. The second kappa shape index (κ2) is 7.93. The average Bonchev–Trinajstić information content (AvgIpc) is 2.79. The van der Waals surface area contributed by atoms with Gasteiger partial charge in [0.1, 0.15) is 38.0 Å². The lowest BCUT2D eigenvalue weighted by atomic mass is 9.96. The topological polar surface area (TPSA) is 8.88 Å². The minimum absolute atomic E-state index is 0.134. The molecule has 0 aromatic heterocycles. The fourth-order valence-electron chi connectivity index (χ4n) is 4.10. The molecule has 0 spiro atoms. The molecule has 0 unspecified atom stereocenters. The van der Waals surface area contributed by atoms with Crippen molar-refractivity contribution in [2.45, 2.75) is 34.1 Å². The van der Waals surface area contributed by atoms with Gasteiger partial charge < -0.3 is 9.80 Å². The summed E-state index contributed by atoms with van der Waals surface area (Å²) in [6.45, 7) is 7.09. The van der Waals surface area contributed by atoms with E-state index >= 15 is 0 Å². The molecule has 2 nitrogen and oxygen atoms in total. The predicted octanol–water partition coefficient (Wildman–Crippen LogP) is 2.10. The van der Waals surface area contributed by atoms with Gasteiger partial charge in [0.2, 0.25) is 0 Å². The number of fused-ring (bicyclic) bond motifs is 2. The van der Waals surface area contributed by atoms with Gasteiger partial charge in [-0.15, -0.1) is 11.8 Å². The molecule has 1 atom stereocenters. The van der Waals surface area contributed by atoms with Crippen LogP contribution in [0.4, 0.5) is 4.39 Å². The molecule has 0 amide bonds. The van der Waals surface area contributed by atoms with Crippen LogP contribution >= 0.6 is 23.5 Å². The Hall–Kier alpha value is -1.01. The molecule has 26 heavy (non-hydrogen) atoms. The molecule has 0 aliphatic carbocycles. The molecule has 2 aromatic rings. The zero-order valence-electron chi connectivity index (χ0n) is 15.5. The van der Waals surface area contributed by atoms with Crippen molar-refractivity contribution in [3.8, 4) is 0 Å². The van der Waals surface area contributed by atoms with Gasteiger partial charge in [0.15, 0.2) is 0 Å². The fourth-order valence-corrected chi connectivity index (χ4v) is 5.95. The molecule has 2 aromatic carbocycles. The molecule has 2 aliphatic rings. The Kier molecular flexibility index (Phi) is 5.60. The molecule has 5 heteroatoms. The number of likely N-dealkylation sites (N-methyl/N-ethyl adjacent to an activating group) is 1. The Morgan fingerprint density at radius 2 is 1.88 bits per heavy atom.